The number of likely N-dealkylation sites (tertiary alicyclic amines) is 2. The van der Waals surface area contributed by atoms with Crippen LogP contribution in [-0.4, -0.2) is 83.9 Å². The van der Waals surface area contributed by atoms with E-state index in [0.29, 0.717) is 12.5 Å². The predicted molar refractivity (Wildman–Crippen MR) is 97.3 cm³/mol. The third-order valence-corrected chi connectivity index (χ3v) is 6.07. The normalized spacial score (nSPS) is 30.2. The van der Waals surface area contributed by atoms with Gasteiger partial charge in [-0.15, -0.1) is 0 Å². The Balaban J connectivity index is 1.47. The van der Waals surface area contributed by atoms with Crippen LogP contribution in [0.3, 0.4) is 0 Å². The highest BCUT2D eigenvalue weighted by molar-refractivity contribution is 5.90. The van der Waals surface area contributed by atoms with Crippen molar-refractivity contribution in [1.82, 2.24) is 25.0 Å². The van der Waals surface area contributed by atoms with E-state index in [9.17, 15) is 9.59 Å². The molecule has 26 heavy (non-hydrogen) atoms. The molecule has 4 heterocycles. The van der Waals surface area contributed by atoms with Gasteiger partial charge in [0.2, 0.25) is 11.8 Å². The van der Waals surface area contributed by atoms with Crippen LogP contribution in [0.2, 0.25) is 0 Å². The van der Waals surface area contributed by atoms with Gasteiger partial charge in [-0.25, -0.2) is 0 Å². The molecule has 7 nitrogen and oxygen atoms in total. The molecule has 3 unspecified atom stereocenters. The molecule has 1 aromatic heterocycles. The van der Waals surface area contributed by atoms with Gasteiger partial charge in [0.15, 0.2) is 0 Å². The van der Waals surface area contributed by atoms with E-state index in [1.54, 1.807) is 24.3 Å². The third-order valence-electron chi connectivity index (χ3n) is 6.07. The number of amides is 2. The zero-order valence-electron chi connectivity index (χ0n) is 15.3. The molecular formula is C19H27N5O2. The average molecular weight is 357 g/mol. The maximum atomic E-state index is 13.2. The van der Waals surface area contributed by atoms with Crippen LogP contribution in [0.4, 0.5) is 0 Å². The minimum absolute atomic E-state index is 0.0371. The topological polar surface area (TPSA) is 68.8 Å². The molecule has 4 rings (SSSR count). The van der Waals surface area contributed by atoms with E-state index >= 15 is 0 Å². The van der Waals surface area contributed by atoms with Gasteiger partial charge in [-0.05, 0) is 18.1 Å². The summed E-state index contributed by atoms with van der Waals surface area (Å²) in [6, 6.07) is 4.07. The molecule has 0 bridgehead atoms. The van der Waals surface area contributed by atoms with Gasteiger partial charge in [0, 0.05) is 71.2 Å². The van der Waals surface area contributed by atoms with Crippen LogP contribution >= 0.6 is 0 Å². The fourth-order valence-electron chi connectivity index (χ4n) is 4.62. The maximum Gasteiger partial charge on any atom is 0.228 e. The summed E-state index contributed by atoms with van der Waals surface area (Å²) in [5.74, 6) is -0.150. The molecule has 3 fully saturated rings. The molecule has 1 N–H and O–H groups in total. The number of carbonyl (C=O) groups excluding carboxylic acids is 2. The van der Waals surface area contributed by atoms with Crippen molar-refractivity contribution < 1.29 is 9.59 Å². The summed E-state index contributed by atoms with van der Waals surface area (Å²) in [7, 11) is 1.79. The predicted octanol–water partition coefficient (Wildman–Crippen LogP) is 0.107. The highest BCUT2D eigenvalue weighted by Gasteiger charge is 2.45. The summed E-state index contributed by atoms with van der Waals surface area (Å²) in [6.45, 7) is 5.73. The molecule has 3 atom stereocenters. The highest BCUT2D eigenvalue weighted by atomic mass is 16.2. The van der Waals surface area contributed by atoms with E-state index in [2.05, 4.69) is 15.2 Å². The molecule has 3 aliphatic heterocycles. The lowest BCUT2D eigenvalue weighted by Gasteiger charge is -2.33. The number of piperazine rings is 1. The van der Waals surface area contributed by atoms with Gasteiger partial charge in [0.05, 0.1) is 12.0 Å². The Morgan fingerprint density at radius 3 is 2.81 bits per heavy atom. The van der Waals surface area contributed by atoms with Crippen molar-refractivity contribution in [1.29, 1.82) is 0 Å². The summed E-state index contributed by atoms with van der Waals surface area (Å²) in [6.07, 6.45) is 4.81. The van der Waals surface area contributed by atoms with Crippen molar-refractivity contribution in [2.45, 2.75) is 24.9 Å². The van der Waals surface area contributed by atoms with Crippen LogP contribution in [0.5, 0.6) is 0 Å². The fraction of sp³-hybridized carbons (Fsp3) is 0.632. The van der Waals surface area contributed by atoms with E-state index in [4.69, 9.17) is 0 Å². The van der Waals surface area contributed by atoms with E-state index in [0.717, 1.165) is 51.3 Å². The number of pyridine rings is 1. The molecule has 3 saturated heterocycles. The Bertz CT molecular complexity index is 661. The minimum atomic E-state index is -0.307. The van der Waals surface area contributed by atoms with Gasteiger partial charge in [-0.1, -0.05) is 6.07 Å². The lowest BCUT2D eigenvalue weighted by atomic mass is 9.93. The van der Waals surface area contributed by atoms with Gasteiger partial charge in [-0.2, -0.15) is 0 Å². The second-order valence-electron chi connectivity index (χ2n) is 7.56. The van der Waals surface area contributed by atoms with Gasteiger partial charge in [0.25, 0.3) is 0 Å². The maximum absolute atomic E-state index is 13.2. The molecule has 3 aliphatic rings. The SMILES string of the molecule is CN1C(=O)CC(C(=O)N2CCC(N3CCNCC3)C2)C1c1cccnc1. The number of carbonyl (C=O) groups is 2. The molecule has 7 heteroatoms. The number of nitrogens with one attached hydrogen (secondary N) is 1. The zero-order chi connectivity index (χ0) is 18.1. The lowest BCUT2D eigenvalue weighted by Crippen LogP contribution is -2.49. The molecule has 1 aromatic rings. The van der Waals surface area contributed by atoms with Gasteiger partial charge < -0.3 is 15.1 Å². The molecule has 2 amide bonds. The Hall–Kier alpha value is -1.99. The zero-order valence-corrected chi connectivity index (χ0v) is 15.3. The number of nitrogens with zero attached hydrogens (tertiary/aromatic N) is 4. The van der Waals surface area contributed by atoms with Crippen molar-refractivity contribution >= 4 is 11.8 Å². The number of hydrogen-bond donors (Lipinski definition) is 1. The molecular weight excluding hydrogens is 330 g/mol. The van der Waals surface area contributed by atoms with Crippen LogP contribution in [0.1, 0.15) is 24.4 Å². The fourth-order valence-corrected chi connectivity index (χ4v) is 4.62. The first kappa shape index (κ1) is 17.4. The minimum Gasteiger partial charge on any atom is -0.341 e. The van der Waals surface area contributed by atoms with E-state index < -0.39 is 0 Å². The summed E-state index contributed by atoms with van der Waals surface area (Å²) in [5.41, 5.74) is 0.942. The van der Waals surface area contributed by atoms with Crippen LogP contribution in [-0.2, 0) is 9.59 Å². The van der Waals surface area contributed by atoms with E-state index in [1.165, 1.54) is 0 Å². The first-order chi connectivity index (χ1) is 12.6. The summed E-state index contributed by atoms with van der Waals surface area (Å²) in [5, 5.41) is 3.38. The van der Waals surface area contributed by atoms with Crippen LogP contribution in [0.15, 0.2) is 24.5 Å². The van der Waals surface area contributed by atoms with E-state index in [1.807, 2.05) is 17.0 Å². The first-order valence-corrected chi connectivity index (χ1v) is 9.54. The first-order valence-electron chi connectivity index (χ1n) is 9.54. The second kappa shape index (κ2) is 7.32. The molecule has 0 aliphatic carbocycles. The molecule has 0 radical (unpaired) electrons. The Kier molecular flexibility index (Phi) is 4.91. The summed E-state index contributed by atoms with van der Waals surface area (Å²) in [4.78, 5) is 35.9. The monoisotopic (exact) mass is 357 g/mol. The quantitative estimate of drug-likeness (QED) is 0.831. The smallest absolute Gasteiger partial charge is 0.228 e. The molecule has 0 spiro atoms. The Morgan fingerprint density at radius 2 is 2.08 bits per heavy atom. The number of rotatable bonds is 3. The van der Waals surface area contributed by atoms with Crippen LogP contribution in [0, 0.1) is 5.92 Å². The van der Waals surface area contributed by atoms with Crippen molar-refractivity contribution in [3.05, 3.63) is 30.1 Å². The molecule has 0 saturated carbocycles. The highest BCUT2D eigenvalue weighted by Crippen LogP contribution is 2.38. The standard InChI is InChI=1S/C19H27N5O2/c1-22-17(25)11-16(18(22)14-3-2-5-21-12-14)19(26)24-8-4-15(13-24)23-9-6-20-7-10-23/h2-3,5,12,15-16,18,20H,4,6-11,13H2,1H3. The summed E-state index contributed by atoms with van der Waals surface area (Å²) >= 11 is 0. The third kappa shape index (κ3) is 3.21. The number of hydrogen-bond acceptors (Lipinski definition) is 5. The van der Waals surface area contributed by atoms with Crippen LogP contribution in [0.25, 0.3) is 0 Å². The largest absolute Gasteiger partial charge is 0.341 e. The van der Waals surface area contributed by atoms with Gasteiger partial charge in [-0.3, -0.25) is 19.5 Å². The second-order valence-corrected chi connectivity index (χ2v) is 7.56. The average Bonchev–Trinajstić information content (AvgIpc) is 3.28. The number of aromatic nitrogens is 1. The van der Waals surface area contributed by atoms with Crippen LogP contribution < -0.4 is 5.32 Å². The van der Waals surface area contributed by atoms with Crippen molar-refractivity contribution in [3.8, 4) is 0 Å². The molecule has 0 aromatic carbocycles. The lowest BCUT2D eigenvalue weighted by molar-refractivity contribution is -0.135. The van der Waals surface area contributed by atoms with Crippen molar-refractivity contribution in [2.75, 3.05) is 46.3 Å². The van der Waals surface area contributed by atoms with E-state index in [-0.39, 0.29) is 23.8 Å². The van der Waals surface area contributed by atoms with Crippen molar-refractivity contribution in [2.24, 2.45) is 5.92 Å². The summed E-state index contributed by atoms with van der Waals surface area (Å²) < 4.78 is 0. The van der Waals surface area contributed by atoms with Crippen molar-refractivity contribution in [3.63, 3.8) is 0 Å². The van der Waals surface area contributed by atoms with Gasteiger partial charge in [0.1, 0.15) is 0 Å². The Labute approximate surface area is 154 Å². The van der Waals surface area contributed by atoms with Gasteiger partial charge >= 0.3 is 0 Å². The Morgan fingerprint density at radius 1 is 1.27 bits per heavy atom. The molecule has 140 valence electrons.